The van der Waals surface area contributed by atoms with Crippen LogP contribution in [0.2, 0.25) is 0 Å². The Labute approximate surface area is 221 Å². The Kier molecular flexibility index (Phi) is 8.30. The smallest absolute Gasteiger partial charge is 0.331 e. The fraction of sp³-hybridized carbons (Fsp3) is 0.107. The molecule has 1 aromatic heterocycles. The molecule has 0 saturated heterocycles. The number of halogens is 3. The number of carbonyl (C=O) groups excluding carboxylic acids is 2. The van der Waals surface area contributed by atoms with Gasteiger partial charge >= 0.3 is 5.97 Å². The largest absolute Gasteiger partial charge is 0.493 e. The maximum atomic E-state index is 13.8. The molecule has 0 unspecified atom stereocenters. The molecule has 0 spiro atoms. The number of hydrogen-bond donors (Lipinski definition) is 1. The first kappa shape index (κ1) is 27.0. The van der Waals surface area contributed by atoms with Crippen LogP contribution in [0.1, 0.15) is 5.56 Å². The van der Waals surface area contributed by atoms with E-state index in [1.54, 1.807) is 29.1 Å². The zero-order chi connectivity index (χ0) is 27.9. The van der Waals surface area contributed by atoms with E-state index in [4.69, 9.17) is 14.2 Å². The molecule has 0 saturated carbocycles. The van der Waals surface area contributed by atoms with Crippen LogP contribution in [0.15, 0.2) is 72.9 Å². The molecular formula is C28H22F3N3O5. The van der Waals surface area contributed by atoms with Crippen molar-refractivity contribution in [1.82, 2.24) is 9.78 Å². The van der Waals surface area contributed by atoms with Crippen LogP contribution in [-0.2, 0) is 14.3 Å². The van der Waals surface area contributed by atoms with Crippen LogP contribution in [0.4, 0.5) is 18.9 Å². The van der Waals surface area contributed by atoms with E-state index >= 15 is 0 Å². The number of hydrogen-bond acceptors (Lipinski definition) is 6. The Hall–Kier alpha value is -5.06. The molecule has 0 aliphatic heterocycles. The van der Waals surface area contributed by atoms with Crippen LogP contribution in [-0.4, -0.2) is 42.5 Å². The first-order valence-corrected chi connectivity index (χ1v) is 11.5. The molecule has 0 bridgehead atoms. The molecule has 1 N–H and O–H groups in total. The summed E-state index contributed by atoms with van der Waals surface area (Å²) in [5.74, 6) is -5.48. The van der Waals surface area contributed by atoms with Crippen LogP contribution in [0, 0.1) is 17.5 Å². The van der Waals surface area contributed by atoms with Gasteiger partial charge in [0.2, 0.25) is 0 Å². The first-order chi connectivity index (χ1) is 18.8. The van der Waals surface area contributed by atoms with Crippen molar-refractivity contribution < 1.29 is 37.0 Å². The number of esters is 1. The lowest BCUT2D eigenvalue weighted by Gasteiger charge is -2.09. The summed E-state index contributed by atoms with van der Waals surface area (Å²) in [5.41, 5.74) is 1.95. The van der Waals surface area contributed by atoms with Gasteiger partial charge in [-0.1, -0.05) is 18.2 Å². The van der Waals surface area contributed by atoms with Gasteiger partial charge in [0.25, 0.3) is 5.91 Å². The molecule has 200 valence electrons. The quantitative estimate of drug-likeness (QED) is 0.180. The Morgan fingerprint density at radius 3 is 2.41 bits per heavy atom. The minimum atomic E-state index is -1.73. The number of benzene rings is 3. The molecule has 39 heavy (non-hydrogen) atoms. The van der Waals surface area contributed by atoms with Crippen molar-refractivity contribution in [2.45, 2.75) is 0 Å². The third-order valence-electron chi connectivity index (χ3n) is 5.47. The van der Waals surface area contributed by atoms with Gasteiger partial charge in [0.15, 0.2) is 35.6 Å². The molecule has 4 rings (SSSR count). The van der Waals surface area contributed by atoms with Gasteiger partial charge in [-0.15, -0.1) is 0 Å². The lowest BCUT2D eigenvalue weighted by Crippen LogP contribution is -2.21. The Bertz CT molecular complexity index is 1540. The van der Waals surface area contributed by atoms with Crippen molar-refractivity contribution in [3.05, 3.63) is 96.0 Å². The summed E-state index contributed by atoms with van der Waals surface area (Å²) in [6.07, 6.45) is 4.28. The number of methoxy groups -OCH3 is 2. The second-order valence-electron chi connectivity index (χ2n) is 8.00. The summed E-state index contributed by atoms with van der Waals surface area (Å²) >= 11 is 0. The minimum Gasteiger partial charge on any atom is -0.493 e. The number of ether oxygens (including phenoxy) is 3. The molecule has 0 atom stereocenters. The Morgan fingerprint density at radius 2 is 1.69 bits per heavy atom. The fourth-order valence-corrected chi connectivity index (χ4v) is 3.58. The normalized spacial score (nSPS) is 10.9. The number of nitrogens with zero attached hydrogens (tertiary/aromatic N) is 2. The monoisotopic (exact) mass is 537 g/mol. The zero-order valence-electron chi connectivity index (χ0n) is 20.8. The number of anilines is 1. The maximum Gasteiger partial charge on any atom is 0.331 e. The molecule has 0 radical (unpaired) electrons. The molecular weight excluding hydrogens is 515 g/mol. The summed E-state index contributed by atoms with van der Waals surface area (Å²) in [6.45, 7) is -0.784. The van der Waals surface area contributed by atoms with Crippen LogP contribution in [0.5, 0.6) is 11.5 Å². The topological polar surface area (TPSA) is 91.7 Å². The van der Waals surface area contributed by atoms with Crippen LogP contribution in [0.25, 0.3) is 23.0 Å². The van der Waals surface area contributed by atoms with Gasteiger partial charge in [0, 0.05) is 23.4 Å². The van der Waals surface area contributed by atoms with E-state index in [0.29, 0.717) is 34.4 Å². The van der Waals surface area contributed by atoms with Crippen molar-refractivity contribution in [2.75, 3.05) is 26.1 Å². The second kappa shape index (κ2) is 12.0. The second-order valence-corrected chi connectivity index (χ2v) is 8.00. The summed E-state index contributed by atoms with van der Waals surface area (Å²) in [6, 6.07) is 16.1. The van der Waals surface area contributed by atoms with E-state index in [0.717, 1.165) is 17.8 Å². The average Bonchev–Trinajstić information content (AvgIpc) is 3.39. The Morgan fingerprint density at radius 1 is 0.949 bits per heavy atom. The molecule has 0 fully saturated rings. The molecule has 1 amide bonds. The third-order valence-corrected chi connectivity index (χ3v) is 5.47. The highest BCUT2D eigenvalue weighted by Crippen LogP contribution is 2.33. The molecule has 0 aliphatic carbocycles. The average molecular weight is 537 g/mol. The predicted molar refractivity (Wildman–Crippen MR) is 137 cm³/mol. The lowest BCUT2D eigenvalue weighted by molar-refractivity contribution is -0.142. The predicted octanol–water partition coefficient (Wildman–Crippen LogP) is 5.17. The summed E-state index contributed by atoms with van der Waals surface area (Å²) in [5, 5.41) is 6.68. The van der Waals surface area contributed by atoms with Crippen molar-refractivity contribution in [3.8, 4) is 28.4 Å². The molecule has 4 aromatic rings. The zero-order valence-corrected chi connectivity index (χ0v) is 20.8. The van der Waals surface area contributed by atoms with E-state index in [1.165, 1.54) is 20.3 Å². The van der Waals surface area contributed by atoms with Crippen molar-refractivity contribution in [1.29, 1.82) is 0 Å². The van der Waals surface area contributed by atoms with Gasteiger partial charge in [0.1, 0.15) is 5.69 Å². The molecule has 8 nitrogen and oxygen atoms in total. The lowest BCUT2D eigenvalue weighted by atomic mass is 10.1. The SMILES string of the molecule is COc1ccc(-c2nn(-c3ccccc3)cc2/C=C/C(=O)OCC(=O)Nc2ccc(F)c(F)c2F)cc1OC. The van der Waals surface area contributed by atoms with Crippen LogP contribution < -0.4 is 14.8 Å². The number of amides is 1. The maximum absolute atomic E-state index is 13.8. The fourth-order valence-electron chi connectivity index (χ4n) is 3.58. The van der Waals surface area contributed by atoms with E-state index in [-0.39, 0.29) is 0 Å². The first-order valence-electron chi connectivity index (χ1n) is 11.5. The molecule has 11 heteroatoms. The van der Waals surface area contributed by atoms with Gasteiger partial charge in [0.05, 0.1) is 25.6 Å². The van der Waals surface area contributed by atoms with Crippen LogP contribution in [0.3, 0.4) is 0 Å². The molecule has 0 aliphatic rings. The van der Waals surface area contributed by atoms with Crippen molar-refractivity contribution in [3.63, 3.8) is 0 Å². The highest BCUT2D eigenvalue weighted by molar-refractivity contribution is 5.95. The van der Waals surface area contributed by atoms with Gasteiger partial charge in [-0.2, -0.15) is 5.10 Å². The van der Waals surface area contributed by atoms with Gasteiger partial charge < -0.3 is 19.5 Å². The molecule has 3 aromatic carbocycles. The summed E-state index contributed by atoms with van der Waals surface area (Å²) in [4.78, 5) is 24.3. The van der Waals surface area contributed by atoms with Gasteiger partial charge in [-0.3, -0.25) is 4.79 Å². The summed E-state index contributed by atoms with van der Waals surface area (Å²) < 4.78 is 57.4. The third kappa shape index (κ3) is 6.27. The molecule has 1 heterocycles. The van der Waals surface area contributed by atoms with E-state index in [9.17, 15) is 22.8 Å². The number of aromatic nitrogens is 2. The minimum absolute atomic E-state index is 0.488. The van der Waals surface area contributed by atoms with E-state index in [1.807, 2.05) is 35.6 Å². The number of para-hydroxylation sites is 1. The number of nitrogens with one attached hydrogen (secondary N) is 1. The highest BCUT2D eigenvalue weighted by atomic mass is 19.2. The van der Waals surface area contributed by atoms with Crippen molar-refractivity contribution in [2.24, 2.45) is 0 Å². The highest BCUT2D eigenvalue weighted by Gasteiger charge is 2.17. The standard InChI is InChI=1S/C28H22F3N3O5/c1-37-22-12-8-17(14-23(22)38-2)28-18(15-34(33-28)19-6-4-3-5-7-19)9-13-25(36)39-16-24(35)32-21-11-10-20(29)26(30)27(21)31/h3-15H,16H2,1-2H3,(H,32,35)/b13-9+. The summed E-state index contributed by atoms with van der Waals surface area (Å²) in [7, 11) is 3.04. The van der Waals surface area contributed by atoms with E-state index in [2.05, 4.69) is 5.10 Å². The van der Waals surface area contributed by atoms with Gasteiger partial charge in [-0.25, -0.2) is 22.6 Å². The van der Waals surface area contributed by atoms with Gasteiger partial charge in [-0.05, 0) is 48.5 Å². The number of rotatable bonds is 9. The van der Waals surface area contributed by atoms with E-state index < -0.39 is 41.6 Å². The van der Waals surface area contributed by atoms with Crippen molar-refractivity contribution >= 4 is 23.6 Å². The van der Waals surface area contributed by atoms with Crippen LogP contribution >= 0.6 is 0 Å². The number of carbonyl (C=O) groups is 2. The Balaban J connectivity index is 1.52.